The maximum atomic E-state index is 9.20. The predicted octanol–water partition coefficient (Wildman–Crippen LogP) is 1.82. The zero-order chi connectivity index (χ0) is 12.8. The highest BCUT2D eigenvalue weighted by atomic mass is 16.3. The lowest BCUT2D eigenvalue weighted by atomic mass is 9.94. The van der Waals surface area contributed by atoms with Crippen LogP contribution in [0.15, 0.2) is 12.4 Å². The molecule has 0 unspecified atom stereocenters. The molecular formula is C14H25N3O. The van der Waals surface area contributed by atoms with E-state index in [-0.39, 0.29) is 6.61 Å². The fraction of sp³-hybridized carbons (Fsp3) is 0.786. The topological polar surface area (TPSA) is 41.3 Å². The molecule has 4 nitrogen and oxygen atoms in total. The van der Waals surface area contributed by atoms with E-state index in [1.807, 2.05) is 10.9 Å². The van der Waals surface area contributed by atoms with E-state index in [0.29, 0.717) is 6.04 Å². The number of aliphatic hydroxyl groups excluding tert-OH is 1. The van der Waals surface area contributed by atoms with Crippen molar-refractivity contribution in [1.82, 2.24) is 14.7 Å². The molecule has 4 heteroatoms. The predicted molar refractivity (Wildman–Crippen MR) is 72.5 cm³/mol. The summed E-state index contributed by atoms with van der Waals surface area (Å²) in [4.78, 5) is 2.44. The monoisotopic (exact) mass is 251 g/mol. The van der Waals surface area contributed by atoms with Crippen LogP contribution in [0.5, 0.6) is 0 Å². The number of aliphatic hydroxyl groups is 1. The Kier molecular flexibility index (Phi) is 5.20. The van der Waals surface area contributed by atoms with Gasteiger partial charge in [0.05, 0.1) is 19.3 Å². The Morgan fingerprint density at radius 3 is 2.72 bits per heavy atom. The lowest BCUT2D eigenvalue weighted by Crippen LogP contribution is -2.40. The molecule has 1 aliphatic rings. The van der Waals surface area contributed by atoms with Gasteiger partial charge in [-0.1, -0.05) is 19.3 Å². The van der Waals surface area contributed by atoms with Crippen molar-refractivity contribution in [2.75, 3.05) is 19.7 Å². The van der Waals surface area contributed by atoms with E-state index in [9.17, 15) is 5.11 Å². The molecule has 1 aromatic rings. The number of hydrogen-bond donors (Lipinski definition) is 1. The summed E-state index contributed by atoms with van der Waals surface area (Å²) in [7, 11) is 0. The van der Waals surface area contributed by atoms with E-state index in [2.05, 4.69) is 23.1 Å². The van der Waals surface area contributed by atoms with Gasteiger partial charge in [-0.25, -0.2) is 0 Å². The Hall–Kier alpha value is -0.870. The number of rotatable bonds is 6. The van der Waals surface area contributed by atoms with Gasteiger partial charge in [0, 0.05) is 25.3 Å². The van der Waals surface area contributed by atoms with Gasteiger partial charge in [0.25, 0.3) is 0 Å². The third-order valence-corrected chi connectivity index (χ3v) is 3.86. The normalized spacial score (nSPS) is 17.5. The van der Waals surface area contributed by atoms with Crippen molar-refractivity contribution in [3.63, 3.8) is 0 Å². The quantitative estimate of drug-likeness (QED) is 0.838. The molecule has 1 aromatic heterocycles. The van der Waals surface area contributed by atoms with Crippen molar-refractivity contribution in [2.45, 2.75) is 51.6 Å². The molecule has 102 valence electrons. The molecule has 0 aliphatic heterocycles. The van der Waals surface area contributed by atoms with E-state index in [1.54, 1.807) is 0 Å². The second-order valence-electron chi connectivity index (χ2n) is 5.33. The Bertz CT molecular complexity index is 345. The summed E-state index contributed by atoms with van der Waals surface area (Å²) in [6, 6.07) is 0.669. The maximum Gasteiger partial charge on any atom is 0.0558 e. The standard InChI is InChI=1S/C14H25N3O/c1-13-11-15-17(12-13)8-7-16(9-10-18)14-5-3-2-4-6-14/h11-12,14,18H,2-10H2,1H3. The number of aromatic nitrogens is 2. The van der Waals surface area contributed by atoms with Crippen LogP contribution in [0.1, 0.15) is 37.7 Å². The minimum absolute atomic E-state index is 0.259. The molecule has 1 N–H and O–H groups in total. The van der Waals surface area contributed by atoms with Gasteiger partial charge < -0.3 is 5.11 Å². The molecular weight excluding hydrogens is 226 g/mol. The van der Waals surface area contributed by atoms with Crippen LogP contribution in [0.25, 0.3) is 0 Å². The molecule has 1 heterocycles. The SMILES string of the molecule is Cc1cnn(CCN(CCO)C2CCCCC2)c1. The number of nitrogens with zero attached hydrogens (tertiary/aromatic N) is 3. The summed E-state index contributed by atoms with van der Waals surface area (Å²) in [6.45, 7) is 5.03. The summed E-state index contributed by atoms with van der Waals surface area (Å²) >= 11 is 0. The van der Waals surface area contributed by atoms with Crippen LogP contribution in [0.4, 0.5) is 0 Å². The molecule has 1 saturated carbocycles. The van der Waals surface area contributed by atoms with E-state index < -0.39 is 0 Å². The first-order valence-corrected chi connectivity index (χ1v) is 7.13. The third kappa shape index (κ3) is 3.82. The summed E-state index contributed by atoms with van der Waals surface area (Å²) < 4.78 is 2.00. The van der Waals surface area contributed by atoms with Crippen molar-refractivity contribution in [3.8, 4) is 0 Å². The third-order valence-electron chi connectivity index (χ3n) is 3.86. The van der Waals surface area contributed by atoms with Crippen molar-refractivity contribution in [1.29, 1.82) is 0 Å². The van der Waals surface area contributed by atoms with Crippen LogP contribution in [-0.4, -0.2) is 45.5 Å². The lowest BCUT2D eigenvalue weighted by molar-refractivity contribution is 0.119. The van der Waals surface area contributed by atoms with Crippen LogP contribution in [0.3, 0.4) is 0 Å². The highest BCUT2D eigenvalue weighted by Gasteiger charge is 2.20. The largest absolute Gasteiger partial charge is 0.395 e. The molecule has 0 aromatic carbocycles. The zero-order valence-corrected chi connectivity index (χ0v) is 11.4. The van der Waals surface area contributed by atoms with Crippen LogP contribution in [-0.2, 0) is 6.54 Å². The molecule has 0 bridgehead atoms. The van der Waals surface area contributed by atoms with Crippen molar-refractivity contribution < 1.29 is 5.11 Å². The van der Waals surface area contributed by atoms with Crippen LogP contribution >= 0.6 is 0 Å². The van der Waals surface area contributed by atoms with Crippen molar-refractivity contribution in [2.24, 2.45) is 0 Å². The number of hydrogen-bond acceptors (Lipinski definition) is 3. The minimum atomic E-state index is 0.259. The average molecular weight is 251 g/mol. The first-order chi connectivity index (χ1) is 8.79. The van der Waals surface area contributed by atoms with Crippen molar-refractivity contribution in [3.05, 3.63) is 18.0 Å². The fourth-order valence-electron chi connectivity index (χ4n) is 2.87. The summed E-state index contributed by atoms with van der Waals surface area (Å²) in [6.07, 6.45) is 10.6. The first-order valence-electron chi connectivity index (χ1n) is 7.13. The highest BCUT2D eigenvalue weighted by molar-refractivity contribution is 4.99. The van der Waals surface area contributed by atoms with Crippen LogP contribution in [0.2, 0.25) is 0 Å². The zero-order valence-electron chi connectivity index (χ0n) is 11.4. The Labute approximate surface area is 110 Å². The van der Waals surface area contributed by atoms with Crippen LogP contribution < -0.4 is 0 Å². The van der Waals surface area contributed by atoms with E-state index in [1.165, 1.54) is 37.7 Å². The first kappa shape index (κ1) is 13.6. The number of aryl methyl sites for hydroxylation is 1. The van der Waals surface area contributed by atoms with Gasteiger partial charge in [-0.05, 0) is 25.3 Å². The van der Waals surface area contributed by atoms with E-state index in [0.717, 1.165) is 19.6 Å². The second-order valence-corrected chi connectivity index (χ2v) is 5.33. The Morgan fingerprint density at radius 2 is 2.11 bits per heavy atom. The average Bonchev–Trinajstić information content (AvgIpc) is 2.81. The lowest BCUT2D eigenvalue weighted by Gasteiger charge is -2.33. The molecule has 2 rings (SSSR count). The summed E-state index contributed by atoms with van der Waals surface area (Å²) in [5.74, 6) is 0. The molecule has 18 heavy (non-hydrogen) atoms. The Balaban J connectivity index is 1.85. The van der Waals surface area contributed by atoms with Gasteiger partial charge in [-0.2, -0.15) is 5.10 Å². The molecule has 0 amide bonds. The molecule has 0 atom stereocenters. The summed E-state index contributed by atoms with van der Waals surface area (Å²) in [5, 5.41) is 13.5. The molecule has 0 radical (unpaired) electrons. The van der Waals surface area contributed by atoms with Gasteiger partial charge >= 0.3 is 0 Å². The molecule has 0 spiro atoms. The van der Waals surface area contributed by atoms with Gasteiger partial charge in [0.15, 0.2) is 0 Å². The molecule has 1 aliphatic carbocycles. The summed E-state index contributed by atoms with van der Waals surface area (Å²) in [5.41, 5.74) is 1.21. The molecule has 0 saturated heterocycles. The molecule has 1 fully saturated rings. The second kappa shape index (κ2) is 6.90. The smallest absolute Gasteiger partial charge is 0.0558 e. The maximum absolute atomic E-state index is 9.20. The van der Waals surface area contributed by atoms with Gasteiger partial charge in [0.1, 0.15) is 0 Å². The van der Waals surface area contributed by atoms with E-state index in [4.69, 9.17) is 0 Å². The van der Waals surface area contributed by atoms with Crippen molar-refractivity contribution >= 4 is 0 Å². The van der Waals surface area contributed by atoms with Crippen LogP contribution in [0, 0.1) is 6.92 Å². The van der Waals surface area contributed by atoms with Gasteiger partial charge in [-0.15, -0.1) is 0 Å². The minimum Gasteiger partial charge on any atom is -0.395 e. The Morgan fingerprint density at radius 1 is 1.33 bits per heavy atom. The fourth-order valence-corrected chi connectivity index (χ4v) is 2.87. The van der Waals surface area contributed by atoms with Gasteiger partial charge in [-0.3, -0.25) is 9.58 Å². The van der Waals surface area contributed by atoms with Gasteiger partial charge in [0.2, 0.25) is 0 Å². The highest BCUT2D eigenvalue weighted by Crippen LogP contribution is 2.22. The van der Waals surface area contributed by atoms with E-state index >= 15 is 0 Å².